The quantitative estimate of drug-likeness (QED) is 0.305. The van der Waals surface area contributed by atoms with E-state index in [1.165, 1.54) is 0 Å². The van der Waals surface area contributed by atoms with Crippen molar-refractivity contribution in [2.24, 2.45) is 0 Å². The topological polar surface area (TPSA) is 167 Å². The van der Waals surface area contributed by atoms with Crippen molar-refractivity contribution in [3.63, 3.8) is 0 Å². The molecule has 3 aromatic rings. The molecule has 0 amide bonds. The van der Waals surface area contributed by atoms with E-state index >= 15 is 0 Å². The largest absolute Gasteiger partial charge is 0.507 e. The Hall–Kier alpha value is -2.86. The van der Waals surface area contributed by atoms with Crippen LogP contribution in [0.5, 0.6) is 5.75 Å². The lowest BCUT2D eigenvalue weighted by atomic mass is 10.1. The molecule has 0 aliphatic heterocycles. The molecule has 148 valence electrons. The first-order valence-electron chi connectivity index (χ1n) is 7.79. The number of nitrogens with one attached hydrogen (secondary N) is 1. The predicted octanol–water partition coefficient (Wildman–Crippen LogP) is 2.23. The minimum absolute atomic E-state index is 0.0159. The third-order valence-electron chi connectivity index (χ3n) is 4.00. The van der Waals surface area contributed by atoms with Crippen molar-refractivity contribution in [2.75, 3.05) is 11.1 Å². The number of hydrogen-bond acceptors (Lipinski definition) is 7. The Balaban J connectivity index is 2.19. The van der Waals surface area contributed by atoms with Crippen molar-refractivity contribution in [2.45, 2.75) is 16.3 Å². The number of nitrogen functional groups attached to an aromatic ring is 1. The Labute approximate surface area is 160 Å². The minimum atomic E-state index is -4.64. The summed E-state index contributed by atoms with van der Waals surface area (Å²) in [6.45, 7) is 0.203. The summed E-state index contributed by atoms with van der Waals surface area (Å²) in [6, 6.07) is 10.8. The lowest BCUT2D eigenvalue weighted by Crippen LogP contribution is -2.05. The van der Waals surface area contributed by atoms with Gasteiger partial charge in [-0.25, -0.2) is 0 Å². The number of rotatable bonds is 5. The molecule has 6 N–H and O–H groups in total. The van der Waals surface area contributed by atoms with Gasteiger partial charge in [-0.2, -0.15) is 16.8 Å². The van der Waals surface area contributed by atoms with E-state index in [1.54, 1.807) is 24.3 Å². The van der Waals surface area contributed by atoms with Crippen LogP contribution in [0, 0.1) is 0 Å². The third-order valence-corrected chi connectivity index (χ3v) is 5.67. The van der Waals surface area contributed by atoms with Gasteiger partial charge in [-0.1, -0.05) is 12.1 Å². The van der Waals surface area contributed by atoms with Crippen LogP contribution in [0.25, 0.3) is 10.8 Å². The second-order valence-corrected chi connectivity index (χ2v) is 8.90. The van der Waals surface area contributed by atoms with Crippen LogP contribution in [0.4, 0.5) is 11.4 Å². The Morgan fingerprint density at radius 1 is 0.893 bits per heavy atom. The van der Waals surface area contributed by atoms with Gasteiger partial charge in [0.15, 0.2) is 0 Å². The van der Waals surface area contributed by atoms with E-state index in [9.17, 15) is 31.0 Å². The van der Waals surface area contributed by atoms with Crippen LogP contribution in [0.1, 0.15) is 5.56 Å². The molecule has 0 atom stereocenters. The van der Waals surface area contributed by atoms with Crippen molar-refractivity contribution in [1.29, 1.82) is 0 Å². The molecule has 0 saturated heterocycles. The predicted molar refractivity (Wildman–Crippen MR) is 103 cm³/mol. The highest BCUT2D eigenvalue weighted by Gasteiger charge is 2.19. The maximum absolute atomic E-state index is 11.6. The summed E-state index contributed by atoms with van der Waals surface area (Å²) in [5.41, 5.74) is 7.14. The molecular formula is C17H16N2O7S2. The fourth-order valence-electron chi connectivity index (χ4n) is 2.78. The maximum atomic E-state index is 11.6. The number of phenols is 1. The van der Waals surface area contributed by atoms with Gasteiger partial charge in [0.2, 0.25) is 0 Å². The van der Waals surface area contributed by atoms with Crippen LogP contribution >= 0.6 is 0 Å². The average molecular weight is 424 g/mol. The van der Waals surface area contributed by atoms with E-state index in [0.717, 1.165) is 29.8 Å². The molecule has 9 nitrogen and oxygen atoms in total. The number of hydrogen-bond donors (Lipinski definition) is 5. The van der Waals surface area contributed by atoms with Crippen molar-refractivity contribution in [3.8, 4) is 5.75 Å². The van der Waals surface area contributed by atoms with Gasteiger partial charge in [-0.05, 0) is 41.3 Å². The van der Waals surface area contributed by atoms with E-state index in [2.05, 4.69) is 5.32 Å². The van der Waals surface area contributed by atoms with Crippen LogP contribution in [0.3, 0.4) is 0 Å². The molecule has 3 rings (SSSR count). The van der Waals surface area contributed by atoms with Gasteiger partial charge in [0.1, 0.15) is 5.75 Å². The van der Waals surface area contributed by atoms with E-state index in [0.29, 0.717) is 5.69 Å². The highest BCUT2D eigenvalue weighted by molar-refractivity contribution is 7.86. The molecule has 0 aliphatic rings. The first-order valence-corrected chi connectivity index (χ1v) is 10.7. The first-order chi connectivity index (χ1) is 12.9. The van der Waals surface area contributed by atoms with Gasteiger partial charge < -0.3 is 16.2 Å². The Morgan fingerprint density at radius 2 is 1.50 bits per heavy atom. The van der Waals surface area contributed by atoms with E-state index < -0.39 is 35.8 Å². The van der Waals surface area contributed by atoms with Crippen molar-refractivity contribution >= 4 is 42.4 Å². The van der Waals surface area contributed by atoms with Crippen LogP contribution < -0.4 is 11.1 Å². The van der Waals surface area contributed by atoms with Crippen LogP contribution in [-0.4, -0.2) is 31.0 Å². The zero-order chi connectivity index (χ0) is 20.7. The highest BCUT2D eigenvalue weighted by atomic mass is 32.2. The standard InChI is InChI=1S/C17H16N2O7S2/c18-12-3-1-2-10(4-12)9-19-15-7-13(27(21,22)23)5-11-6-14(28(24,25)26)8-16(20)17(11)15/h1-8,19-20H,9,18H2,(H,21,22,23)(H,24,25,26). The highest BCUT2D eigenvalue weighted by Crippen LogP contribution is 2.36. The minimum Gasteiger partial charge on any atom is -0.507 e. The maximum Gasteiger partial charge on any atom is 0.294 e. The number of phenolic OH excluding ortho intramolecular Hbond substituents is 1. The normalized spacial score (nSPS) is 12.2. The van der Waals surface area contributed by atoms with Gasteiger partial charge in [0.05, 0.1) is 9.79 Å². The van der Waals surface area contributed by atoms with Gasteiger partial charge in [0.25, 0.3) is 20.2 Å². The summed E-state index contributed by atoms with van der Waals surface area (Å²) in [6.07, 6.45) is 0. The summed E-state index contributed by atoms with van der Waals surface area (Å²) >= 11 is 0. The summed E-state index contributed by atoms with van der Waals surface area (Å²) in [5.74, 6) is -0.498. The number of anilines is 2. The van der Waals surface area contributed by atoms with Crippen LogP contribution in [-0.2, 0) is 26.8 Å². The molecule has 0 aromatic heterocycles. The SMILES string of the molecule is Nc1cccc(CNc2cc(S(=O)(=O)O)cc3cc(S(=O)(=O)O)cc(O)c23)c1. The summed E-state index contributed by atoms with van der Waals surface area (Å²) in [4.78, 5) is -1.13. The number of benzene rings is 3. The molecule has 0 saturated carbocycles. The van der Waals surface area contributed by atoms with Gasteiger partial charge in [-0.15, -0.1) is 0 Å². The third kappa shape index (κ3) is 4.17. The Morgan fingerprint density at radius 3 is 2.07 bits per heavy atom. The van der Waals surface area contributed by atoms with E-state index in [4.69, 9.17) is 5.73 Å². The van der Waals surface area contributed by atoms with Crippen molar-refractivity contribution < 1.29 is 31.0 Å². The van der Waals surface area contributed by atoms with Crippen LogP contribution in [0.15, 0.2) is 58.3 Å². The smallest absolute Gasteiger partial charge is 0.294 e. The van der Waals surface area contributed by atoms with Crippen molar-refractivity contribution in [3.05, 3.63) is 54.1 Å². The molecule has 0 aliphatic carbocycles. The molecule has 0 fully saturated rings. The molecule has 0 unspecified atom stereocenters. The molecule has 0 radical (unpaired) electrons. The second kappa shape index (κ2) is 6.95. The van der Waals surface area contributed by atoms with Gasteiger partial charge in [0, 0.05) is 29.4 Å². The lowest BCUT2D eigenvalue weighted by Gasteiger charge is -2.14. The van der Waals surface area contributed by atoms with Gasteiger partial charge in [-0.3, -0.25) is 9.11 Å². The van der Waals surface area contributed by atoms with E-state index in [-0.39, 0.29) is 23.0 Å². The summed E-state index contributed by atoms with van der Waals surface area (Å²) < 4.78 is 64.6. The Kier molecular flexibility index (Phi) is 4.93. The Bertz CT molecular complexity index is 1280. The fraction of sp³-hybridized carbons (Fsp3) is 0.0588. The summed E-state index contributed by atoms with van der Waals surface area (Å²) in [5, 5.41) is 13.3. The molecular weight excluding hydrogens is 408 g/mol. The lowest BCUT2D eigenvalue weighted by molar-refractivity contribution is 0.471. The molecule has 3 aromatic carbocycles. The molecule has 0 bridgehead atoms. The summed E-state index contributed by atoms with van der Waals surface area (Å²) in [7, 11) is -9.27. The zero-order valence-corrected chi connectivity index (χ0v) is 15.8. The van der Waals surface area contributed by atoms with E-state index in [1.807, 2.05) is 0 Å². The molecule has 11 heteroatoms. The monoisotopic (exact) mass is 424 g/mol. The van der Waals surface area contributed by atoms with Gasteiger partial charge >= 0.3 is 0 Å². The zero-order valence-electron chi connectivity index (χ0n) is 14.2. The van der Waals surface area contributed by atoms with Crippen molar-refractivity contribution in [1.82, 2.24) is 0 Å². The number of nitrogens with two attached hydrogens (primary N) is 1. The number of fused-ring (bicyclic) bond motifs is 1. The first kappa shape index (κ1) is 19.9. The average Bonchev–Trinajstić information content (AvgIpc) is 2.57. The molecule has 0 spiro atoms. The molecule has 28 heavy (non-hydrogen) atoms. The second-order valence-electron chi connectivity index (χ2n) is 6.06. The molecule has 0 heterocycles. The van der Waals surface area contributed by atoms with Crippen LogP contribution in [0.2, 0.25) is 0 Å². The number of aromatic hydroxyl groups is 1. The fourth-order valence-corrected chi connectivity index (χ4v) is 3.86.